The third-order valence-corrected chi connectivity index (χ3v) is 7.78. The Kier molecular flexibility index (Phi) is 12.1. The van der Waals surface area contributed by atoms with Gasteiger partial charge < -0.3 is 28.0 Å². The van der Waals surface area contributed by atoms with Crippen molar-refractivity contribution in [2.45, 2.75) is 72.1 Å². The van der Waals surface area contributed by atoms with E-state index in [2.05, 4.69) is 25.2 Å². The molecule has 5 rings (SSSR count). The molecule has 0 amide bonds. The Morgan fingerprint density at radius 1 is 0.981 bits per heavy atom. The number of hydrogen-bond acceptors (Lipinski definition) is 16. The maximum atomic E-state index is 13.6. The molecule has 0 fully saturated rings. The van der Waals surface area contributed by atoms with Crippen molar-refractivity contribution in [1.82, 2.24) is 35.1 Å². The molecule has 0 saturated carbocycles. The van der Waals surface area contributed by atoms with Crippen molar-refractivity contribution in [3.63, 3.8) is 0 Å². The highest BCUT2D eigenvalue weighted by atomic mass is 17.1. The van der Waals surface area contributed by atoms with Crippen LogP contribution >= 0.6 is 0 Å². The van der Waals surface area contributed by atoms with Gasteiger partial charge in [-0.2, -0.15) is 0 Å². The number of nitrogens with zero attached hydrogens (tertiary/aromatic N) is 7. The maximum absolute atomic E-state index is 13.6. The minimum Gasteiger partial charge on any atom is -0.453 e. The largest absolute Gasteiger partial charge is 0.519 e. The molecule has 2 aromatic carbocycles. The summed E-state index contributed by atoms with van der Waals surface area (Å²) in [5, 5.41) is 39.8. The summed E-state index contributed by atoms with van der Waals surface area (Å²) in [6.07, 6.45) is 1.24. The minimum atomic E-state index is -1.47. The first-order chi connectivity index (χ1) is 24.8. The molecule has 0 unspecified atom stereocenters. The summed E-state index contributed by atoms with van der Waals surface area (Å²) in [6.45, 7) is 6.53. The van der Waals surface area contributed by atoms with Crippen LogP contribution in [0.1, 0.15) is 79.1 Å². The van der Waals surface area contributed by atoms with Crippen LogP contribution in [0.2, 0.25) is 0 Å². The van der Waals surface area contributed by atoms with Crippen LogP contribution in [0.4, 0.5) is 4.79 Å². The summed E-state index contributed by atoms with van der Waals surface area (Å²) in [5.74, 6) is -0.589. The monoisotopic (exact) mass is 721 g/mol. The van der Waals surface area contributed by atoms with Gasteiger partial charge >= 0.3 is 17.9 Å². The standard InChI is InChI=1S/C34H39N7O11/c1-5-10-27-35-29(34(3,4)45)28(31(42)49-20-26-21(2)51-33(44)52-26)39(27)19-22-13-15-23(16-14-22)24-11-6-7-12-25(24)30-36-38-40(37-30)32(43)48-17-8-9-18-50-41(46)47/h6-7,11-16,45-47H,5,8-10,17-20H2,1-4H3. The predicted molar refractivity (Wildman–Crippen MR) is 178 cm³/mol. The normalized spacial score (nSPS) is 11.7. The van der Waals surface area contributed by atoms with E-state index in [9.17, 15) is 19.5 Å². The van der Waals surface area contributed by atoms with Gasteiger partial charge in [-0.1, -0.05) is 60.3 Å². The number of aryl methyl sites for hydroxylation is 2. The fourth-order valence-corrected chi connectivity index (χ4v) is 5.29. The lowest BCUT2D eigenvalue weighted by atomic mass is 9.98. The lowest BCUT2D eigenvalue weighted by molar-refractivity contribution is -0.492. The second kappa shape index (κ2) is 16.7. The number of hydrogen-bond donors (Lipinski definition) is 3. The van der Waals surface area contributed by atoms with Crippen LogP contribution in [0, 0.1) is 6.92 Å². The van der Waals surface area contributed by atoms with Crippen molar-refractivity contribution in [3.8, 4) is 22.5 Å². The van der Waals surface area contributed by atoms with Crippen LogP contribution in [-0.4, -0.2) is 75.9 Å². The van der Waals surface area contributed by atoms with Gasteiger partial charge in [0, 0.05) is 18.5 Å². The van der Waals surface area contributed by atoms with E-state index in [4.69, 9.17) is 28.7 Å². The zero-order chi connectivity index (χ0) is 37.4. The van der Waals surface area contributed by atoms with E-state index in [1.165, 1.54) is 6.92 Å². The van der Waals surface area contributed by atoms with Gasteiger partial charge in [-0.15, -0.1) is 10.2 Å². The number of tetrazole rings is 1. The van der Waals surface area contributed by atoms with Gasteiger partial charge in [-0.3, -0.25) is 15.3 Å². The third-order valence-electron chi connectivity index (χ3n) is 7.78. The van der Waals surface area contributed by atoms with Crippen molar-refractivity contribution in [2.75, 3.05) is 13.2 Å². The number of imidazole rings is 1. The highest BCUT2D eigenvalue weighted by Gasteiger charge is 2.33. The Morgan fingerprint density at radius 2 is 1.69 bits per heavy atom. The lowest BCUT2D eigenvalue weighted by Gasteiger charge is -2.17. The first kappa shape index (κ1) is 37.7. The molecule has 0 saturated heterocycles. The van der Waals surface area contributed by atoms with Crippen molar-refractivity contribution < 1.29 is 48.3 Å². The van der Waals surface area contributed by atoms with Crippen molar-refractivity contribution in [2.24, 2.45) is 0 Å². The first-order valence-electron chi connectivity index (χ1n) is 16.4. The summed E-state index contributed by atoms with van der Waals surface area (Å²) in [7, 11) is 0. The van der Waals surface area contributed by atoms with Gasteiger partial charge in [-0.25, -0.2) is 19.4 Å². The molecule has 0 spiro atoms. The molecular weight excluding hydrogens is 682 g/mol. The molecule has 3 heterocycles. The van der Waals surface area contributed by atoms with E-state index in [1.54, 1.807) is 24.5 Å². The average molecular weight is 722 g/mol. The van der Waals surface area contributed by atoms with Gasteiger partial charge in [-0.05, 0) is 61.9 Å². The molecule has 18 heteroatoms. The van der Waals surface area contributed by atoms with Gasteiger partial charge in [0.25, 0.3) is 0 Å². The Morgan fingerprint density at radius 3 is 2.35 bits per heavy atom. The average Bonchev–Trinajstić information content (AvgIpc) is 3.82. The Labute approximate surface area is 296 Å². The summed E-state index contributed by atoms with van der Waals surface area (Å²) < 4.78 is 22.3. The van der Waals surface area contributed by atoms with Gasteiger partial charge in [0.1, 0.15) is 17.1 Å². The second-order valence-corrected chi connectivity index (χ2v) is 12.2. The number of benzene rings is 2. The summed E-state index contributed by atoms with van der Waals surface area (Å²) >= 11 is 0. The SMILES string of the molecule is CCCc1nc(C(C)(C)O)c(C(=O)OCc2oc(=O)oc2C)n1Cc1ccc(-c2ccccc2-c2nnn(C(=O)OCCCCON(O)O)n2)cc1. The summed E-state index contributed by atoms with van der Waals surface area (Å²) in [5.41, 5.74) is 1.80. The molecule has 0 aliphatic heterocycles. The number of aromatic nitrogens is 6. The molecular formula is C34H39N7O11. The Bertz CT molecular complexity index is 2040. The number of ether oxygens (including phenoxy) is 2. The summed E-state index contributed by atoms with van der Waals surface area (Å²) in [4.78, 5) is 47.4. The molecule has 3 aromatic heterocycles. The topological polar surface area (TPSA) is 231 Å². The Hall–Kier alpha value is -5.53. The van der Waals surface area contributed by atoms with Crippen LogP contribution in [0.3, 0.4) is 0 Å². The molecule has 0 radical (unpaired) electrons. The van der Waals surface area contributed by atoms with Crippen molar-refractivity contribution in [3.05, 3.63) is 93.4 Å². The van der Waals surface area contributed by atoms with Crippen LogP contribution in [-0.2, 0) is 39.5 Å². The molecule has 5 aromatic rings. The van der Waals surface area contributed by atoms with Gasteiger partial charge in [0.15, 0.2) is 23.8 Å². The lowest BCUT2D eigenvalue weighted by Crippen LogP contribution is -2.23. The number of aliphatic hydroxyl groups is 1. The second-order valence-electron chi connectivity index (χ2n) is 12.2. The van der Waals surface area contributed by atoms with E-state index < -0.39 is 23.5 Å². The molecule has 0 aliphatic rings. The number of carbonyl (C=O) groups is 2. The summed E-state index contributed by atoms with van der Waals surface area (Å²) in [6, 6.07) is 15.0. The minimum absolute atomic E-state index is 0.0200. The fraction of sp³-hybridized carbons (Fsp3) is 0.382. The van der Waals surface area contributed by atoms with E-state index in [0.29, 0.717) is 30.7 Å². The van der Waals surface area contributed by atoms with E-state index in [0.717, 1.165) is 27.9 Å². The maximum Gasteiger partial charge on any atom is 0.519 e. The molecule has 0 aliphatic carbocycles. The van der Waals surface area contributed by atoms with E-state index >= 15 is 0 Å². The molecule has 18 nitrogen and oxygen atoms in total. The van der Waals surface area contributed by atoms with Crippen LogP contribution in [0.25, 0.3) is 22.5 Å². The zero-order valence-corrected chi connectivity index (χ0v) is 29.0. The molecule has 276 valence electrons. The molecule has 0 atom stereocenters. The predicted octanol–water partition coefficient (Wildman–Crippen LogP) is 4.42. The highest BCUT2D eigenvalue weighted by molar-refractivity contribution is 5.89. The number of esters is 1. The number of rotatable bonds is 16. The van der Waals surface area contributed by atoms with Crippen molar-refractivity contribution in [1.29, 1.82) is 0 Å². The quantitative estimate of drug-likeness (QED) is 0.0727. The molecule has 3 N–H and O–H groups in total. The third kappa shape index (κ3) is 9.22. The number of carbonyl (C=O) groups excluding carboxylic acids is 2. The smallest absolute Gasteiger partial charge is 0.453 e. The van der Waals surface area contributed by atoms with Crippen molar-refractivity contribution >= 4 is 12.1 Å². The zero-order valence-electron chi connectivity index (χ0n) is 29.0. The highest BCUT2D eigenvalue weighted by Crippen LogP contribution is 2.31. The Balaban J connectivity index is 1.35. The molecule has 52 heavy (non-hydrogen) atoms. The van der Waals surface area contributed by atoms with E-state index in [1.807, 2.05) is 49.4 Å². The van der Waals surface area contributed by atoms with Crippen LogP contribution in [0.15, 0.2) is 62.2 Å². The fourth-order valence-electron chi connectivity index (χ4n) is 5.29. The van der Waals surface area contributed by atoms with Gasteiger partial charge in [0.2, 0.25) is 5.82 Å². The van der Waals surface area contributed by atoms with Gasteiger partial charge in [0.05, 0.1) is 18.6 Å². The first-order valence-corrected chi connectivity index (χ1v) is 16.4. The van der Waals surface area contributed by atoms with Crippen LogP contribution < -0.4 is 5.82 Å². The van der Waals surface area contributed by atoms with E-state index in [-0.39, 0.29) is 60.5 Å². The van der Waals surface area contributed by atoms with Crippen LogP contribution in [0.5, 0.6) is 0 Å². The molecule has 0 bridgehead atoms. The number of unbranched alkanes of at least 4 members (excludes halogenated alkanes) is 1.